The zero-order valence-electron chi connectivity index (χ0n) is 15.6. The topological polar surface area (TPSA) is 59.6 Å². The second-order valence-electron chi connectivity index (χ2n) is 6.70. The molecule has 0 radical (unpaired) electrons. The first-order valence-electron chi connectivity index (χ1n) is 9.44. The highest BCUT2D eigenvalue weighted by Crippen LogP contribution is 2.27. The van der Waals surface area contributed by atoms with Crippen molar-refractivity contribution < 1.29 is 14.3 Å². The van der Waals surface area contributed by atoms with Gasteiger partial charge in [0.25, 0.3) is 0 Å². The van der Waals surface area contributed by atoms with Crippen molar-refractivity contribution in [3.8, 4) is 11.5 Å². The quantitative estimate of drug-likeness (QED) is 0.532. The highest BCUT2D eigenvalue weighted by atomic mass is 16.5. The van der Waals surface area contributed by atoms with E-state index in [1.807, 2.05) is 18.2 Å². The number of nitrogens with one attached hydrogen (secondary N) is 2. The molecule has 0 atom stereocenters. The summed E-state index contributed by atoms with van der Waals surface area (Å²) in [5.41, 5.74) is 1.19. The monoisotopic (exact) mass is 348 g/mol. The van der Waals surface area contributed by atoms with Crippen LogP contribution in [-0.2, 0) is 11.2 Å². The van der Waals surface area contributed by atoms with Gasteiger partial charge in [0.05, 0.1) is 14.2 Å². The number of ether oxygens (including phenoxy) is 2. The smallest absolute Gasteiger partial charge is 0.221 e. The molecule has 2 rings (SSSR count). The number of methoxy groups -OCH3 is 2. The molecular weight excluding hydrogens is 316 g/mol. The number of rotatable bonds is 9. The summed E-state index contributed by atoms with van der Waals surface area (Å²) in [7, 11) is 3.28. The molecule has 1 saturated carbocycles. The Kier molecular flexibility index (Phi) is 8.60. The molecule has 0 aromatic heterocycles. The van der Waals surface area contributed by atoms with Gasteiger partial charge < -0.3 is 20.1 Å². The SMILES string of the molecule is COc1ccc(CCNCCC(=O)NC2CCCCCC2)cc1OC. The molecule has 0 bridgehead atoms. The number of amides is 1. The molecule has 0 spiro atoms. The summed E-state index contributed by atoms with van der Waals surface area (Å²) >= 11 is 0. The summed E-state index contributed by atoms with van der Waals surface area (Å²) in [5, 5.41) is 6.53. The van der Waals surface area contributed by atoms with Crippen molar-refractivity contribution >= 4 is 5.91 Å². The Morgan fingerprint density at radius 3 is 2.44 bits per heavy atom. The van der Waals surface area contributed by atoms with E-state index in [0.29, 0.717) is 19.0 Å². The molecule has 5 heteroatoms. The number of hydrogen-bond donors (Lipinski definition) is 2. The first-order valence-corrected chi connectivity index (χ1v) is 9.44. The van der Waals surface area contributed by atoms with Crippen molar-refractivity contribution in [1.29, 1.82) is 0 Å². The van der Waals surface area contributed by atoms with E-state index >= 15 is 0 Å². The number of hydrogen-bond acceptors (Lipinski definition) is 4. The van der Waals surface area contributed by atoms with Crippen molar-refractivity contribution in [2.24, 2.45) is 0 Å². The van der Waals surface area contributed by atoms with Crippen LogP contribution in [0.2, 0.25) is 0 Å². The zero-order valence-corrected chi connectivity index (χ0v) is 15.6. The van der Waals surface area contributed by atoms with Gasteiger partial charge in [0.2, 0.25) is 5.91 Å². The van der Waals surface area contributed by atoms with Gasteiger partial charge in [-0.15, -0.1) is 0 Å². The lowest BCUT2D eigenvalue weighted by Crippen LogP contribution is -2.36. The van der Waals surface area contributed by atoms with Crippen molar-refractivity contribution in [2.75, 3.05) is 27.3 Å². The van der Waals surface area contributed by atoms with Gasteiger partial charge in [-0.05, 0) is 43.5 Å². The van der Waals surface area contributed by atoms with E-state index in [2.05, 4.69) is 10.6 Å². The molecule has 1 aliphatic carbocycles. The molecule has 1 aromatic rings. The molecule has 5 nitrogen and oxygen atoms in total. The Morgan fingerprint density at radius 2 is 1.76 bits per heavy atom. The Labute approximate surface area is 151 Å². The predicted octanol–water partition coefficient (Wildman–Crippen LogP) is 3.07. The maximum Gasteiger partial charge on any atom is 0.221 e. The minimum atomic E-state index is 0.172. The summed E-state index contributed by atoms with van der Waals surface area (Å²) in [6.07, 6.45) is 8.82. The van der Waals surface area contributed by atoms with Gasteiger partial charge in [-0.3, -0.25) is 4.79 Å². The van der Waals surface area contributed by atoms with Crippen molar-refractivity contribution in [1.82, 2.24) is 10.6 Å². The van der Waals surface area contributed by atoms with E-state index in [0.717, 1.165) is 37.3 Å². The number of benzene rings is 1. The van der Waals surface area contributed by atoms with Crippen LogP contribution in [0.1, 0.15) is 50.5 Å². The summed E-state index contributed by atoms with van der Waals surface area (Å²) in [6, 6.07) is 6.36. The third-order valence-corrected chi connectivity index (χ3v) is 4.79. The Morgan fingerprint density at radius 1 is 1.04 bits per heavy atom. The highest BCUT2D eigenvalue weighted by Gasteiger charge is 2.14. The van der Waals surface area contributed by atoms with Gasteiger partial charge in [0, 0.05) is 19.0 Å². The fraction of sp³-hybridized carbons (Fsp3) is 0.650. The van der Waals surface area contributed by atoms with Gasteiger partial charge in [0.15, 0.2) is 11.5 Å². The third-order valence-electron chi connectivity index (χ3n) is 4.79. The largest absolute Gasteiger partial charge is 0.493 e. The van der Waals surface area contributed by atoms with Crippen LogP contribution in [0.4, 0.5) is 0 Å². The molecule has 1 fully saturated rings. The van der Waals surface area contributed by atoms with Crippen LogP contribution in [0.25, 0.3) is 0 Å². The second-order valence-corrected chi connectivity index (χ2v) is 6.70. The molecule has 0 heterocycles. The molecule has 1 aromatic carbocycles. The molecule has 0 aliphatic heterocycles. The molecule has 0 unspecified atom stereocenters. The lowest BCUT2D eigenvalue weighted by atomic mass is 10.1. The molecule has 0 saturated heterocycles. The van der Waals surface area contributed by atoms with Crippen LogP contribution >= 0.6 is 0 Å². The lowest BCUT2D eigenvalue weighted by Gasteiger charge is -2.16. The van der Waals surface area contributed by atoms with Crippen LogP contribution in [0, 0.1) is 0 Å². The Bertz CT molecular complexity index is 526. The van der Waals surface area contributed by atoms with Gasteiger partial charge in [-0.25, -0.2) is 0 Å². The summed E-state index contributed by atoms with van der Waals surface area (Å²) in [5.74, 6) is 1.67. The van der Waals surface area contributed by atoms with E-state index in [1.165, 1.54) is 31.2 Å². The van der Waals surface area contributed by atoms with Gasteiger partial charge in [-0.1, -0.05) is 31.7 Å². The average Bonchev–Trinajstić information content (AvgIpc) is 2.89. The normalized spacial score (nSPS) is 15.4. The van der Waals surface area contributed by atoms with Crippen molar-refractivity contribution in [3.05, 3.63) is 23.8 Å². The van der Waals surface area contributed by atoms with Gasteiger partial charge in [0.1, 0.15) is 0 Å². The molecule has 1 amide bonds. The summed E-state index contributed by atoms with van der Waals surface area (Å²) in [4.78, 5) is 12.0. The fourth-order valence-corrected chi connectivity index (χ4v) is 3.32. The average molecular weight is 348 g/mol. The first-order chi connectivity index (χ1) is 12.2. The Hall–Kier alpha value is -1.75. The van der Waals surface area contributed by atoms with E-state index < -0.39 is 0 Å². The molecular formula is C20H32N2O3. The van der Waals surface area contributed by atoms with E-state index in [9.17, 15) is 4.79 Å². The highest BCUT2D eigenvalue weighted by molar-refractivity contribution is 5.76. The molecule has 25 heavy (non-hydrogen) atoms. The Balaban J connectivity index is 1.61. The molecule has 140 valence electrons. The second kappa shape index (κ2) is 11.0. The lowest BCUT2D eigenvalue weighted by molar-refractivity contribution is -0.121. The van der Waals surface area contributed by atoms with Gasteiger partial charge >= 0.3 is 0 Å². The standard InChI is InChI=1S/C20H32N2O3/c1-24-18-10-9-16(15-19(18)25-2)11-13-21-14-12-20(23)22-17-7-5-3-4-6-8-17/h9-10,15,17,21H,3-8,11-14H2,1-2H3,(H,22,23). The van der Waals surface area contributed by atoms with E-state index in [1.54, 1.807) is 14.2 Å². The number of carbonyl (C=O) groups excluding carboxylic acids is 1. The minimum absolute atomic E-state index is 0.172. The third kappa shape index (κ3) is 6.94. The van der Waals surface area contributed by atoms with Crippen molar-refractivity contribution in [2.45, 2.75) is 57.4 Å². The zero-order chi connectivity index (χ0) is 17.9. The van der Waals surface area contributed by atoms with Crippen LogP contribution in [0.15, 0.2) is 18.2 Å². The fourth-order valence-electron chi connectivity index (χ4n) is 3.32. The van der Waals surface area contributed by atoms with Crippen LogP contribution < -0.4 is 20.1 Å². The van der Waals surface area contributed by atoms with E-state index in [4.69, 9.17) is 9.47 Å². The summed E-state index contributed by atoms with van der Waals surface area (Å²) < 4.78 is 10.6. The van der Waals surface area contributed by atoms with Crippen LogP contribution in [0.5, 0.6) is 11.5 Å². The first kappa shape index (κ1) is 19.6. The van der Waals surface area contributed by atoms with E-state index in [-0.39, 0.29) is 5.91 Å². The predicted molar refractivity (Wildman–Crippen MR) is 100 cm³/mol. The molecule has 1 aliphatic rings. The summed E-state index contributed by atoms with van der Waals surface area (Å²) in [6.45, 7) is 1.55. The maximum absolute atomic E-state index is 12.0. The van der Waals surface area contributed by atoms with Crippen LogP contribution in [0.3, 0.4) is 0 Å². The number of carbonyl (C=O) groups is 1. The van der Waals surface area contributed by atoms with Crippen LogP contribution in [-0.4, -0.2) is 39.3 Å². The minimum Gasteiger partial charge on any atom is -0.493 e. The maximum atomic E-state index is 12.0. The van der Waals surface area contributed by atoms with Gasteiger partial charge in [-0.2, -0.15) is 0 Å². The molecule has 2 N–H and O–H groups in total. The van der Waals surface area contributed by atoms with Crippen molar-refractivity contribution in [3.63, 3.8) is 0 Å².